The maximum Gasteiger partial charge on any atom is 0.262 e. The molecule has 0 aliphatic carbocycles. The first-order valence-electron chi connectivity index (χ1n) is 10.2. The number of carbonyl (C=O) groups is 3. The summed E-state index contributed by atoms with van der Waals surface area (Å²) in [6, 6.07) is 4.42. The highest BCUT2D eigenvalue weighted by molar-refractivity contribution is 7.12. The van der Waals surface area contributed by atoms with E-state index in [1.807, 2.05) is 37.4 Å². The predicted octanol–water partition coefficient (Wildman–Crippen LogP) is 2.52. The lowest BCUT2D eigenvalue weighted by Crippen LogP contribution is -2.52. The monoisotopic (exact) mass is 427 g/mol. The van der Waals surface area contributed by atoms with E-state index in [1.165, 1.54) is 11.3 Å². The van der Waals surface area contributed by atoms with E-state index in [0.717, 1.165) is 11.1 Å². The van der Waals surface area contributed by atoms with Crippen LogP contribution in [0.1, 0.15) is 36.4 Å². The number of likely N-dealkylation sites (tertiary alicyclic amines) is 1. The topological polar surface area (TPSA) is 88.6 Å². The molecule has 0 saturated carbocycles. The van der Waals surface area contributed by atoms with Crippen molar-refractivity contribution in [3.05, 3.63) is 40.8 Å². The van der Waals surface area contributed by atoms with Crippen LogP contribution in [0.15, 0.2) is 36.0 Å². The third kappa shape index (κ3) is 4.15. The molecule has 0 spiro atoms. The SMILES string of the molecule is CC(C)CC(NC(=O)c1cc(-c2cccnc2)cs1)C(=O)N1CCC2OCC(=O)C21. The molecule has 8 heteroatoms. The van der Waals surface area contributed by atoms with Crippen LogP contribution in [0, 0.1) is 5.92 Å². The summed E-state index contributed by atoms with van der Waals surface area (Å²) in [4.78, 5) is 44.6. The van der Waals surface area contributed by atoms with Crippen LogP contribution in [0.2, 0.25) is 0 Å². The summed E-state index contributed by atoms with van der Waals surface area (Å²) in [5, 5.41) is 4.82. The molecular formula is C22H25N3O4S. The van der Waals surface area contributed by atoms with Crippen LogP contribution >= 0.6 is 11.3 Å². The number of aromatic nitrogens is 1. The quantitative estimate of drug-likeness (QED) is 0.765. The maximum atomic E-state index is 13.3. The van der Waals surface area contributed by atoms with Gasteiger partial charge in [0.1, 0.15) is 18.7 Å². The summed E-state index contributed by atoms with van der Waals surface area (Å²) < 4.78 is 5.49. The Morgan fingerprint density at radius 3 is 2.93 bits per heavy atom. The van der Waals surface area contributed by atoms with E-state index in [9.17, 15) is 14.4 Å². The Morgan fingerprint density at radius 1 is 1.37 bits per heavy atom. The van der Waals surface area contributed by atoms with Gasteiger partial charge in [0, 0.05) is 24.5 Å². The maximum absolute atomic E-state index is 13.3. The van der Waals surface area contributed by atoms with Crippen LogP contribution in [-0.2, 0) is 14.3 Å². The number of ether oxygens (including phenoxy) is 1. The minimum Gasteiger partial charge on any atom is -0.368 e. The number of pyridine rings is 1. The lowest BCUT2D eigenvalue weighted by atomic mass is 10.0. The molecule has 158 valence electrons. The highest BCUT2D eigenvalue weighted by Gasteiger charge is 2.48. The van der Waals surface area contributed by atoms with Crippen molar-refractivity contribution in [2.24, 2.45) is 5.92 Å². The molecule has 2 saturated heterocycles. The summed E-state index contributed by atoms with van der Waals surface area (Å²) in [6.07, 6.45) is 4.41. The zero-order valence-electron chi connectivity index (χ0n) is 17.0. The number of rotatable bonds is 6. The second kappa shape index (κ2) is 8.65. The van der Waals surface area contributed by atoms with Crippen molar-refractivity contribution in [2.45, 2.75) is 44.9 Å². The summed E-state index contributed by atoms with van der Waals surface area (Å²) in [7, 11) is 0. The van der Waals surface area contributed by atoms with Crippen LogP contribution in [0.4, 0.5) is 0 Å². The number of nitrogens with one attached hydrogen (secondary N) is 1. The molecule has 4 heterocycles. The number of nitrogens with zero attached hydrogens (tertiary/aromatic N) is 2. The third-order valence-corrected chi connectivity index (χ3v) is 6.45. The van der Waals surface area contributed by atoms with Crippen molar-refractivity contribution in [1.29, 1.82) is 0 Å². The van der Waals surface area contributed by atoms with Crippen LogP contribution in [0.5, 0.6) is 0 Å². The second-order valence-corrected chi connectivity index (χ2v) is 9.09. The van der Waals surface area contributed by atoms with E-state index < -0.39 is 12.1 Å². The molecular weight excluding hydrogens is 402 g/mol. The van der Waals surface area contributed by atoms with Crippen LogP contribution in [0.25, 0.3) is 11.1 Å². The van der Waals surface area contributed by atoms with Gasteiger partial charge in [-0.2, -0.15) is 0 Å². The van der Waals surface area contributed by atoms with Crippen LogP contribution in [0.3, 0.4) is 0 Å². The zero-order chi connectivity index (χ0) is 21.3. The molecule has 2 aliphatic rings. The van der Waals surface area contributed by atoms with Gasteiger partial charge in [-0.15, -0.1) is 11.3 Å². The van der Waals surface area contributed by atoms with Gasteiger partial charge in [0.25, 0.3) is 5.91 Å². The molecule has 0 aromatic carbocycles. The molecule has 3 atom stereocenters. The first-order valence-corrected chi connectivity index (χ1v) is 11.1. The number of ketones is 1. The minimum atomic E-state index is -0.673. The fourth-order valence-electron chi connectivity index (χ4n) is 4.10. The van der Waals surface area contributed by atoms with Gasteiger partial charge in [-0.25, -0.2) is 0 Å². The molecule has 30 heavy (non-hydrogen) atoms. The molecule has 2 fully saturated rings. The Hall–Kier alpha value is -2.58. The van der Waals surface area contributed by atoms with E-state index in [1.54, 1.807) is 17.3 Å². The van der Waals surface area contributed by atoms with Crippen molar-refractivity contribution in [2.75, 3.05) is 13.2 Å². The summed E-state index contributed by atoms with van der Waals surface area (Å²) in [5.41, 5.74) is 1.85. The van der Waals surface area contributed by atoms with Crippen molar-refractivity contribution in [3.8, 4) is 11.1 Å². The standard InChI is InChI=1S/C22H25N3O4S/c1-13(2)8-16(22(28)25-7-5-18-20(25)17(26)11-29-18)24-21(27)19-9-15(12-30-19)14-4-3-6-23-10-14/h3-4,6,9-10,12-13,16,18,20H,5,7-8,11H2,1-2H3,(H,24,27). The summed E-state index contributed by atoms with van der Waals surface area (Å²) >= 11 is 1.33. The molecule has 2 aromatic heterocycles. The Morgan fingerprint density at radius 2 is 2.20 bits per heavy atom. The zero-order valence-corrected chi connectivity index (χ0v) is 17.9. The number of hydrogen-bond donors (Lipinski definition) is 1. The molecule has 0 radical (unpaired) electrons. The number of carbonyl (C=O) groups excluding carboxylic acids is 3. The molecule has 2 aliphatic heterocycles. The Bertz CT molecular complexity index is 943. The summed E-state index contributed by atoms with van der Waals surface area (Å²) in [6.45, 7) is 4.56. The molecule has 7 nitrogen and oxygen atoms in total. The highest BCUT2D eigenvalue weighted by Crippen LogP contribution is 2.29. The highest BCUT2D eigenvalue weighted by atomic mass is 32.1. The number of amides is 2. The molecule has 2 aromatic rings. The van der Waals surface area contributed by atoms with E-state index in [2.05, 4.69) is 10.3 Å². The minimum absolute atomic E-state index is 0.0557. The van der Waals surface area contributed by atoms with Gasteiger partial charge >= 0.3 is 0 Å². The number of fused-ring (bicyclic) bond motifs is 1. The van der Waals surface area contributed by atoms with E-state index in [0.29, 0.717) is 24.3 Å². The van der Waals surface area contributed by atoms with E-state index in [-0.39, 0.29) is 36.2 Å². The average Bonchev–Trinajstić information content (AvgIpc) is 3.45. The number of thiophene rings is 1. The van der Waals surface area contributed by atoms with Gasteiger partial charge in [0.05, 0.1) is 11.0 Å². The van der Waals surface area contributed by atoms with Gasteiger partial charge in [-0.3, -0.25) is 19.4 Å². The van der Waals surface area contributed by atoms with E-state index in [4.69, 9.17) is 4.74 Å². The van der Waals surface area contributed by atoms with Gasteiger partial charge in [0.2, 0.25) is 5.91 Å². The lowest BCUT2D eigenvalue weighted by molar-refractivity contribution is -0.138. The number of Topliss-reactive ketones (excluding diaryl/α,β-unsaturated/α-hetero) is 1. The van der Waals surface area contributed by atoms with Crippen LogP contribution < -0.4 is 5.32 Å². The smallest absolute Gasteiger partial charge is 0.262 e. The Kier molecular flexibility index (Phi) is 5.97. The summed E-state index contributed by atoms with van der Waals surface area (Å²) in [5.74, 6) is -0.325. The molecule has 0 bridgehead atoms. The lowest BCUT2D eigenvalue weighted by Gasteiger charge is -2.28. The molecule has 3 unspecified atom stereocenters. The molecule has 1 N–H and O–H groups in total. The first-order chi connectivity index (χ1) is 14.4. The van der Waals surface area contributed by atoms with Crippen molar-refractivity contribution in [3.63, 3.8) is 0 Å². The first kappa shape index (κ1) is 20.7. The van der Waals surface area contributed by atoms with Crippen molar-refractivity contribution in [1.82, 2.24) is 15.2 Å². The van der Waals surface area contributed by atoms with Gasteiger partial charge in [-0.05, 0) is 41.8 Å². The molecule has 2 amide bonds. The fraction of sp³-hybridized carbons (Fsp3) is 0.455. The second-order valence-electron chi connectivity index (χ2n) is 8.18. The fourth-order valence-corrected chi connectivity index (χ4v) is 4.92. The van der Waals surface area contributed by atoms with Crippen molar-refractivity contribution < 1.29 is 19.1 Å². The predicted molar refractivity (Wildman–Crippen MR) is 113 cm³/mol. The normalized spacial score (nSPS) is 21.7. The molecule has 4 rings (SSSR count). The van der Waals surface area contributed by atoms with E-state index >= 15 is 0 Å². The Labute approximate surface area is 179 Å². The van der Waals surface area contributed by atoms with Gasteiger partial charge in [-0.1, -0.05) is 19.9 Å². The number of hydrogen-bond acceptors (Lipinski definition) is 6. The average molecular weight is 428 g/mol. The van der Waals surface area contributed by atoms with Gasteiger partial charge < -0.3 is 15.0 Å². The Balaban J connectivity index is 1.49. The van der Waals surface area contributed by atoms with Crippen molar-refractivity contribution >= 4 is 28.9 Å². The van der Waals surface area contributed by atoms with Gasteiger partial charge in [0.15, 0.2) is 5.78 Å². The van der Waals surface area contributed by atoms with Crippen LogP contribution in [-0.4, -0.2) is 58.8 Å². The third-order valence-electron chi connectivity index (χ3n) is 5.52. The largest absolute Gasteiger partial charge is 0.368 e.